The van der Waals surface area contributed by atoms with E-state index in [-0.39, 0.29) is 5.82 Å². The van der Waals surface area contributed by atoms with Gasteiger partial charge in [0.2, 0.25) is 5.95 Å². The van der Waals surface area contributed by atoms with Crippen molar-refractivity contribution in [1.29, 1.82) is 0 Å². The molecule has 0 saturated carbocycles. The summed E-state index contributed by atoms with van der Waals surface area (Å²) in [5, 5.41) is 6.96. The average Bonchev–Trinajstić information content (AvgIpc) is 2.55. The second-order valence-electron chi connectivity index (χ2n) is 5.21. The van der Waals surface area contributed by atoms with Gasteiger partial charge in [-0.15, -0.1) is 0 Å². The molecule has 4 nitrogen and oxygen atoms in total. The lowest BCUT2D eigenvalue weighted by molar-refractivity contribution is 0.628. The van der Waals surface area contributed by atoms with Crippen LogP contribution in [-0.2, 0) is 6.42 Å². The van der Waals surface area contributed by atoms with E-state index in [1.807, 2.05) is 24.3 Å². The molecule has 2 aromatic carbocycles. The molecule has 0 aliphatic heterocycles. The van der Waals surface area contributed by atoms with Gasteiger partial charge in [0.15, 0.2) is 0 Å². The number of hydrogen-bond donors (Lipinski definition) is 2. The van der Waals surface area contributed by atoms with E-state index >= 15 is 0 Å². The molecule has 3 rings (SSSR count). The summed E-state index contributed by atoms with van der Waals surface area (Å²) in [6.07, 6.45) is 2.48. The third-order valence-electron chi connectivity index (χ3n) is 3.35. The van der Waals surface area contributed by atoms with Gasteiger partial charge in [-0.2, -0.15) is 4.98 Å². The van der Waals surface area contributed by atoms with E-state index in [9.17, 15) is 4.39 Å². The van der Waals surface area contributed by atoms with Crippen LogP contribution in [0.5, 0.6) is 0 Å². The maximum absolute atomic E-state index is 13.2. The van der Waals surface area contributed by atoms with E-state index in [2.05, 4.69) is 20.6 Å². The molecule has 0 atom stereocenters. The van der Waals surface area contributed by atoms with Gasteiger partial charge in [0.05, 0.1) is 0 Å². The van der Waals surface area contributed by atoms with Crippen LogP contribution in [0, 0.1) is 5.82 Å². The monoisotopic (exact) mass is 342 g/mol. The van der Waals surface area contributed by atoms with Crippen molar-refractivity contribution >= 4 is 29.1 Å². The molecule has 0 fully saturated rings. The second-order valence-corrected chi connectivity index (χ2v) is 5.64. The van der Waals surface area contributed by atoms with Crippen molar-refractivity contribution in [2.45, 2.75) is 6.42 Å². The Balaban J connectivity index is 1.59. The summed E-state index contributed by atoms with van der Waals surface area (Å²) >= 11 is 5.97. The largest absolute Gasteiger partial charge is 0.370 e. The molecule has 0 unspecified atom stereocenters. The van der Waals surface area contributed by atoms with Gasteiger partial charge in [-0.25, -0.2) is 9.37 Å². The Morgan fingerprint density at radius 3 is 2.75 bits per heavy atom. The molecule has 6 heteroatoms. The van der Waals surface area contributed by atoms with Crippen LogP contribution >= 0.6 is 11.6 Å². The molecule has 1 aromatic heterocycles. The van der Waals surface area contributed by atoms with Crippen molar-refractivity contribution < 1.29 is 4.39 Å². The second kappa shape index (κ2) is 7.75. The lowest BCUT2D eigenvalue weighted by Crippen LogP contribution is -2.07. The van der Waals surface area contributed by atoms with Crippen molar-refractivity contribution in [2.75, 3.05) is 17.2 Å². The fourth-order valence-corrected chi connectivity index (χ4v) is 2.45. The molecule has 24 heavy (non-hydrogen) atoms. The highest BCUT2D eigenvalue weighted by atomic mass is 35.5. The summed E-state index contributed by atoms with van der Waals surface area (Å²) in [6.45, 7) is 0.719. The van der Waals surface area contributed by atoms with Crippen molar-refractivity contribution in [3.8, 4) is 0 Å². The maximum Gasteiger partial charge on any atom is 0.229 e. The van der Waals surface area contributed by atoms with Crippen molar-refractivity contribution in [2.24, 2.45) is 0 Å². The highest BCUT2D eigenvalue weighted by Gasteiger charge is 2.01. The normalized spacial score (nSPS) is 10.4. The molecule has 0 aliphatic carbocycles. The predicted molar refractivity (Wildman–Crippen MR) is 95.4 cm³/mol. The zero-order valence-electron chi connectivity index (χ0n) is 12.8. The van der Waals surface area contributed by atoms with Crippen LogP contribution in [0.15, 0.2) is 60.8 Å². The molecule has 0 aliphatic rings. The minimum atomic E-state index is -0.309. The molecule has 0 bridgehead atoms. The van der Waals surface area contributed by atoms with E-state index in [1.165, 1.54) is 12.1 Å². The Hall–Kier alpha value is -2.66. The Labute approximate surface area is 144 Å². The Bertz CT molecular complexity index is 825. The van der Waals surface area contributed by atoms with Crippen LogP contribution in [-0.4, -0.2) is 16.5 Å². The third-order valence-corrected chi connectivity index (χ3v) is 3.58. The fourth-order valence-electron chi connectivity index (χ4n) is 2.24. The van der Waals surface area contributed by atoms with Crippen LogP contribution in [0.2, 0.25) is 5.02 Å². The molecule has 0 amide bonds. The number of anilines is 3. The quantitative estimate of drug-likeness (QED) is 0.683. The Kier molecular flexibility index (Phi) is 5.23. The van der Waals surface area contributed by atoms with E-state index in [0.29, 0.717) is 17.5 Å². The first-order valence-electron chi connectivity index (χ1n) is 7.53. The van der Waals surface area contributed by atoms with E-state index in [4.69, 9.17) is 11.6 Å². The van der Waals surface area contributed by atoms with E-state index in [0.717, 1.165) is 23.6 Å². The van der Waals surface area contributed by atoms with Crippen LogP contribution in [0.4, 0.5) is 21.8 Å². The SMILES string of the molecule is Fc1cccc(Nc2nccc(NCCc3cccc(Cl)c3)n2)c1. The molecule has 1 heterocycles. The smallest absolute Gasteiger partial charge is 0.229 e. The molecule has 3 aromatic rings. The first-order chi connectivity index (χ1) is 11.7. The standard InChI is InChI=1S/C18H16ClFN4/c19-14-4-1-3-13(11-14)7-9-21-17-8-10-22-18(24-17)23-16-6-2-5-15(20)12-16/h1-6,8,10-12H,7,9H2,(H2,21,22,23,24). The summed E-state index contributed by atoms with van der Waals surface area (Å²) < 4.78 is 13.2. The molecular weight excluding hydrogens is 327 g/mol. The molecule has 0 spiro atoms. The average molecular weight is 343 g/mol. The highest BCUT2D eigenvalue weighted by Crippen LogP contribution is 2.15. The molecule has 122 valence electrons. The molecule has 0 saturated heterocycles. The number of nitrogens with zero attached hydrogens (tertiary/aromatic N) is 2. The van der Waals surface area contributed by atoms with E-state index < -0.39 is 0 Å². The number of benzene rings is 2. The van der Waals surface area contributed by atoms with Gasteiger partial charge in [-0.05, 0) is 48.4 Å². The lowest BCUT2D eigenvalue weighted by atomic mass is 10.1. The Morgan fingerprint density at radius 1 is 1.04 bits per heavy atom. The van der Waals surface area contributed by atoms with Crippen molar-refractivity contribution in [3.63, 3.8) is 0 Å². The molecular formula is C18H16ClFN4. The van der Waals surface area contributed by atoms with Crippen LogP contribution in [0.3, 0.4) is 0 Å². The van der Waals surface area contributed by atoms with Gasteiger partial charge < -0.3 is 10.6 Å². The minimum Gasteiger partial charge on any atom is -0.370 e. The van der Waals surface area contributed by atoms with Gasteiger partial charge in [0, 0.05) is 23.5 Å². The molecule has 2 N–H and O–H groups in total. The summed E-state index contributed by atoms with van der Waals surface area (Å²) in [5.41, 5.74) is 1.76. The highest BCUT2D eigenvalue weighted by molar-refractivity contribution is 6.30. The van der Waals surface area contributed by atoms with Crippen molar-refractivity contribution in [3.05, 3.63) is 77.2 Å². The number of aromatic nitrogens is 2. The summed E-state index contributed by atoms with van der Waals surface area (Å²) in [5.74, 6) is 0.801. The van der Waals surface area contributed by atoms with Crippen LogP contribution in [0.25, 0.3) is 0 Å². The van der Waals surface area contributed by atoms with E-state index in [1.54, 1.807) is 24.4 Å². The number of halogens is 2. The first-order valence-corrected chi connectivity index (χ1v) is 7.91. The van der Waals surface area contributed by atoms with Gasteiger partial charge in [0.1, 0.15) is 11.6 Å². The fraction of sp³-hybridized carbons (Fsp3) is 0.111. The minimum absolute atomic E-state index is 0.309. The summed E-state index contributed by atoms with van der Waals surface area (Å²) in [6, 6.07) is 15.7. The van der Waals surface area contributed by atoms with Gasteiger partial charge in [0.25, 0.3) is 0 Å². The maximum atomic E-state index is 13.2. The predicted octanol–water partition coefficient (Wildman–Crippen LogP) is 4.67. The zero-order chi connectivity index (χ0) is 16.8. The topological polar surface area (TPSA) is 49.8 Å². The molecule has 0 radical (unpaired) electrons. The van der Waals surface area contributed by atoms with Crippen LogP contribution < -0.4 is 10.6 Å². The lowest BCUT2D eigenvalue weighted by Gasteiger charge is -2.08. The number of hydrogen-bond acceptors (Lipinski definition) is 4. The third kappa shape index (κ3) is 4.67. The van der Waals surface area contributed by atoms with Crippen molar-refractivity contribution in [1.82, 2.24) is 9.97 Å². The van der Waals surface area contributed by atoms with Gasteiger partial charge >= 0.3 is 0 Å². The van der Waals surface area contributed by atoms with Gasteiger partial charge in [-0.1, -0.05) is 29.8 Å². The number of rotatable bonds is 6. The zero-order valence-corrected chi connectivity index (χ0v) is 13.6. The first kappa shape index (κ1) is 16.2. The van der Waals surface area contributed by atoms with Crippen LogP contribution in [0.1, 0.15) is 5.56 Å². The number of nitrogens with one attached hydrogen (secondary N) is 2. The summed E-state index contributed by atoms with van der Waals surface area (Å²) in [4.78, 5) is 8.50. The Morgan fingerprint density at radius 2 is 1.92 bits per heavy atom. The van der Waals surface area contributed by atoms with Gasteiger partial charge in [-0.3, -0.25) is 0 Å². The summed E-state index contributed by atoms with van der Waals surface area (Å²) in [7, 11) is 0.